The molecule has 0 atom stereocenters. The molecule has 0 fully saturated rings. The maximum absolute atomic E-state index is 12.8. The van der Waals surface area contributed by atoms with Gasteiger partial charge in [-0.25, -0.2) is 13.4 Å². The van der Waals surface area contributed by atoms with Crippen LogP contribution in [0.25, 0.3) is 16.6 Å². The molecule has 0 radical (unpaired) electrons. The molecule has 0 saturated heterocycles. The average molecular weight is 382 g/mol. The molecular formula is C21H23N3O2S. The molecule has 0 saturated carbocycles. The van der Waals surface area contributed by atoms with E-state index in [-0.39, 0.29) is 0 Å². The van der Waals surface area contributed by atoms with E-state index in [1.807, 2.05) is 24.4 Å². The molecular weight excluding hydrogens is 358 g/mol. The number of benzene rings is 1. The van der Waals surface area contributed by atoms with Crippen LogP contribution >= 0.6 is 0 Å². The van der Waals surface area contributed by atoms with Crippen molar-refractivity contribution in [3.8, 4) is 0 Å². The van der Waals surface area contributed by atoms with Crippen molar-refractivity contribution >= 4 is 26.6 Å². The van der Waals surface area contributed by atoms with E-state index >= 15 is 0 Å². The predicted molar refractivity (Wildman–Crippen MR) is 108 cm³/mol. The van der Waals surface area contributed by atoms with E-state index in [2.05, 4.69) is 28.7 Å². The van der Waals surface area contributed by atoms with Crippen LogP contribution in [-0.4, -0.2) is 35.4 Å². The third-order valence-corrected chi connectivity index (χ3v) is 6.88. The summed E-state index contributed by atoms with van der Waals surface area (Å²) in [6, 6.07) is 12.7. The Bertz CT molecular complexity index is 1090. The fourth-order valence-corrected chi connectivity index (χ4v) is 5.05. The maximum atomic E-state index is 12.8. The first-order chi connectivity index (χ1) is 13.1. The molecule has 0 unspecified atom stereocenters. The van der Waals surface area contributed by atoms with Crippen molar-refractivity contribution in [2.75, 3.05) is 13.1 Å². The molecule has 0 amide bonds. The van der Waals surface area contributed by atoms with Crippen molar-refractivity contribution in [2.45, 2.75) is 31.2 Å². The minimum Gasteiger partial charge on any atom is -0.332 e. The van der Waals surface area contributed by atoms with Crippen molar-refractivity contribution < 1.29 is 8.42 Å². The Labute approximate surface area is 160 Å². The van der Waals surface area contributed by atoms with Crippen molar-refractivity contribution in [1.29, 1.82) is 0 Å². The first-order valence-electron chi connectivity index (χ1n) is 9.29. The predicted octanol–water partition coefficient (Wildman–Crippen LogP) is 3.92. The number of hydrogen-bond donors (Lipinski definition) is 0. The standard InChI is InChI=1S/C21H23N3O2S/c1-2-13-23-16-20(19-9-6-12-22-21(19)23)17-10-14-24(15-11-17)27(25,26)18-7-4-3-5-8-18/h3-10,12,16H,2,11,13-15H2,1H3. The molecule has 1 aromatic carbocycles. The van der Waals surface area contributed by atoms with Crippen LogP contribution in [0, 0.1) is 0 Å². The quantitative estimate of drug-likeness (QED) is 0.673. The van der Waals surface area contributed by atoms with Crippen LogP contribution < -0.4 is 0 Å². The number of aromatic nitrogens is 2. The van der Waals surface area contributed by atoms with Gasteiger partial charge in [-0.15, -0.1) is 0 Å². The lowest BCUT2D eigenvalue weighted by atomic mass is 10.0. The molecule has 6 heteroatoms. The molecule has 4 rings (SSSR count). The largest absolute Gasteiger partial charge is 0.332 e. The molecule has 2 aromatic heterocycles. The number of sulfonamides is 1. The maximum Gasteiger partial charge on any atom is 0.243 e. The SMILES string of the molecule is CCCn1cc(C2=CCN(S(=O)(=O)c3ccccc3)CC2)c2cccnc21. The first kappa shape index (κ1) is 17.9. The third-order valence-electron chi connectivity index (χ3n) is 5.00. The third kappa shape index (κ3) is 3.31. The minimum absolute atomic E-state index is 0.352. The second kappa shape index (κ2) is 7.29. The molecule has 3 aromatic rings. The molecule has 140 valence electrons. The highest BCUT2D eigenvalue weighted by Gasteiger charge is 2.27. The molecule has 0 spiro atoms. The summed E-state index contributed by atoms with van der Waals surface area (Å²) in [5, 5.41) is 1.14. The van der Waals surface area contributed by atoms with Gasteiger partial charge in [-0.2, -0.15) is 4.31 Å². The topological polar surface area (TPSA) is 55.2 Å². The highest BCUT2D eigenvalue weighted by molar-refractivity contribution is 7.89. The normalized spacial score (nSPS) is 15.8. The molecule has 27 heavy (non-hydrogen) atoms. The molecule has 1 aliphatic heterocycles. The number of rotatable bonds is 5. The summed E-state index contributed by atoms with van der Waals surface area (Å²) >= 11 is 0. The van der Waals surface area contributed by atoms with Gasteiger partial charge >= 0.3 is 0 Å². The van der Waals surface area contributed by atoms with Gasteiger partial charge in [-0.3, -0.25) is 0 Å². The molecule has 0 bridgehead atoms. The lowest BCUT2D eigenvalue weighted by Crippen LogP contribution is -2.34. The van der Waals surface area contributed by atoms with Crippen LogP contribution in [0.3, 0.4) is 0 Å². The van der Waals surface area contributed by atoms with E-state index in [9.17, 15) is 8.42 Å². The van der Waals surface area contributed by atoms with Gasteiger partial charge in [-0.1, -0.05) is 31.2 Å². The average Bonchev–Trinajstić information content (AvgIpc) is 3.08. The van der Waals surface area contributed by atoms with Crippen molar-refractivity contribution in [2.24, 2.45) is 0 Å². The fraction of sp³-hybridized carbons (Fsp3) is 0.286. The van der Waals surface area contributed by atoms with Crippen molar-refractivity contribution in [3.63, 3.8) is 0 Å². The van der Waals surface area contributed by atoms with Crippen LogP contribution in [0.5, 0.6) is 0 Å². The Hall–Kier alpha value is -2.44. The molecule has 5 nitrogen and oxygen atoms in total. The summed E-state index contributed by atoms with van der Waals surface area (Å²) in [6.45, 7) is 3.97. The van der Waals surface area contributed by atoms with Crippen LogP contribution in [-0.2, 0) is 16.6 Å². The Kier molecular flexibility index (Phi) is 4.85. The van der Waals surface area contributed by atoms with Crippen LogP contribution in [0.15, 0.2) is 65.8 Å². The lowest BCUT2D eigenvalue weighted by Gasteiger charge is -2.25. The summed E-state index contributed by atoms with van der Waals surface area (Å²) in [4.78, 5) is 4.89. The van der Waals surface area contributed by atoms with E-state index in [4.69, 9.17) is 0 Å². The van der Waals surface area contributed by atoms with Gasteiger partial charge in [0.15, 0.2) is 0 Å². The van der Waals surface area contributed by atoms with Gasteiger partial charge in [0.1, 0.15) is 5.65 Å². The number of fused-ring (bicyclic) bond motifs is 1. The molecule has 0 aliphatic carbocycles. The zero-order chi connectivity index (χ0) is 18.9. The Morgan fingerprint density at radius 1 is 1.11 bits per heavy atom. The first-order valence-corrected chi connectivity index (χ1v) is 10.7. The summed E-state index contributed by atoms with van der Waals surface area (Å²) in [5.74, 6) is 0. The number of aryl methyl sites for hydroxylation is 1. The monoisotopic (exact) mass is 381 g/mol. The zero-order valence-corrected chi connectivity index (χ0v) is 16.2. The van der Waals surface area contributed by atoms with E-state index in [0.717, 1.165) is 24.0 Å². The number of hydrogen-bond acceptors (Lipinski definition) is 3. The van der Waals surface area contributed by atoms with Crippen LogP contribution in [0.4, 0.5) is 0 Å². The van der Waals surface area contributed by atoms with E-state index in [0.29, 0.717) is 24.4 Å². The van der Waals surface area contributed by atoms with E-state index < -0.39 is 10.0 Å². The van der Waals surface area contributed by atoms with Crippen molar-refractivity contribution in [3.05, 3.63) is 66.5 Å². The van der Waals surface area contributed by atoms with Crippen molar-refractivity contribution in [1.82, 2.24) is 13.9 Å². The second-order valence-corrected chi connectivity index (χ2v) is 8.70. The molecule has 1 aliphatic rings. The molecule has 3 heterocycles. The van der Waals surface area contributed by atoms with E-state index in [1.54, 1.807) is 28.6 Å². The molecule has 0 N–H and O–H groups in total. The van der Waals surface area contributed by atoms with Gasteiger partial charge in [0.2, 0.25) is 10.0 Å². The van der Waals surface area contributed by atoms with Gasteiger partial charge in [0.05, 0.1) is 4.90 Å². The van der Waals surface area contributed by atoms with Gasteiger partial charge < -0.3 is 4.57 Å². The Morgan fingerprint density at radius 3 is 2.63 bits per heavy atom. The summed E-state index contributed by atoms with van der Waals surface area (Å²) in [7, 11) is -3.44. The highest BCUT2D eigenvalue weighted by Crippen LogP contribution is 2.31. The second-order valence-electron chi connectivity index (χ2n) is 6.77. The number of nitrogens with zero attached hydrogens (tertiary/aromatic N) is 3. The van der Waals surface area contributed by atoms with Crippen LogP contribution in [0.2, 0.25) is 0 Å². The summed E-state index contributed by atoms with van der Waals surface area (Å²) in [5.41, 5.74) is 3.36. The van der Waals surface area contributed by atoms with Gasteiger partial charge in [-0.05, 0) is 42.7 Å². The number of pyridine rings is 1. The Morgan fingerprint density at radius 2 is 1.93 bits per heavy atom. The van der Waals surface area contributed by atoms with Gasteiger partial charge in [0.25, 0.3) is 0 Å². The Balaban J connectivity index is 1.64. The lowest BCUT2D eigenvalue weighted by molar-refractivity contribution is 0.441. The summed E-state index contributed by atoms with van der Waals surface area (Å²) in [6.07, 6.45) is 7.77. The summed E-state index contributed by atoms with van der Waals surface area (Å²) < 4.78 is 29.4. The highest BCUT2D eigenvalue weighted by atomic mass is 32.2. The smallest absolute Gasteiger partial charge is 0.243 e. The fourth-order valence-electron chi connectivity index (χ4n) is 3.64. The zero-order valence-electron chi connectivity index (χ0n) is 15.4. The van der Waals surface area contributed by atoms with Crippen LogP contribution in [0.1, 0.15) is 25.3 Å². The minimum atomic E-state index is -3.44. The van der Waals surface area contributed by atoms with Gasteiger partial charge in [0, 0.05) is 43.0 Å². The van der Waals surface area contributed by atoms with E-state index in [1.165, 1.54) is 11.1 Å².